The van der Waals surface area contributed by atoms with Gasteiger partial charge >= 0.3 is 6.18 Å². The zero-order valence-corrected chi connectivity index (χ0v) is 10.3. The van der Waals surface area contributed by atoms with Crippen molar-refractivity contribution in [1.29, 1.82) is 0 Å². The predicted molar refractivity (Wildman–Crippen MR) is 62.9 cm³/mol. The van der Waals surface area contributed by atoms with Crippen LogP contribution in [-0.2, 0) is 12.1 Å². The second kappa shape index (κ2) is 4.65. The lowest BCUT2D eigenvalue weighted by atomic mass is 10.2. The van der Waals surface area contributed by atoms with Gasteiger partial charge in [-0.1, -0.05) is 12.1 Å². The van der Waals surface area contributed by atoms with Crippen LogP contribution in [0.3, 0.4) is 0 Å². The van der Waals surface area contributed by atoms with Gasteiger partial charge in [-0.2, -0.15) is 18.3 Å². The molecule has 0 aliphatic rings. The molecule has 18 heavy (non-hydrogen) atoms. The summed E-state index contributed by atoms with van der Waals surface area (Å²) < 4.78 is 39.3. The minimum atomic E-state index is -4.42. The predicted octanol–water partition coefficient (Wildman–Crippen LogP) is 3.94. The Balaban J connectivity index is 2.49. The summed E-state index contributed by atoms with van der Waals surface area (Å²) in [6, 6.07) is 7.52. The van der Waals surface area contributed by atoms with Gasteiger partial charge in [0.2, 0.25) is 0 Å². The lowest BCUT2D eigenvalue weighted by molar-refractivity contribution is -0.142. The molecule has 0 saturated heterocycles. The molecule has 2 nitrogen and oxygen atoms in total. The maximum atomic E-state index is 12.8. The topological polar surface area (TPSA) is 17.8 Å². The minimum Gasteiger partial charge on any atom is -0.228 e. The van der Waals surface area contributed by atoms with E-state index in [1.165, 1.54) is 6.92 Å². The highest BCUT2D eigenvalue weighted by atomic mass is 35.5. The molecule has 0 atom stereocenters. The van der Waals surface area contributed by atoms with Crippen molar-refractivity contribution >= 4 is 11.6 Å². The Morgan fingerprint density at radius 1 is 1.22 bits per heavy atom. The molecule has 0 fully saturated rings. The molecule has 0 amide bonds. The van der Waals surface area contributed by atoms with E-state index < -0.39 is 11.9 Å². The van der Waals surface area contributed by atoms with Crippen molar-refractivity contribution in [2.24, 2.45) is 0 Å². The second-order valence-corrected chi connectivity index (χ2v) is 4.15. The summed E-state index contributed by atoms with van der Waals surface area (Å²) in [6.07, 6.45) is -4.42. The highest BCUT2D eigenvalue weighted by molar-refractivity contribution is 6.17. The molecule has 0 bridgehead atoms. The van der Waals surface area contributed by atoms with Crippen LogP contribution >= 0.6 is 11.6 Å². The first kappa shape index (κ1) is 13.0. The first-order valence-corrected chi connectivity index (χ1v) is 5.74. The van der Waals surface area contributed by atoms with E-state index in [9.17, 15) is 13.2 Å². The number of aryl methyl sites for hydroxylation is 1. The Morgan fingerprint density at radius 3 is 2.33 bits per heavy atom. The van der Waals surface area contributed by atoms with Gasteiger partial charge in [0.25, 0.3) is 0 Å². The summed E-state index contributed by atoms with van der Waals surface area (Å²) in [4.78, 5) is 0. The highest BCUT2D eigenvalue weighted by Crippen LogP contribution is 2.31. The third kappa shape index (κ3) is 2.51. The van der Waals surface area contributed by atoms with Gasteiger partial charge in [0.15, 0.2) is 0 Å². The molecule has 2 aromatic rings. The molecule has 0 unspecified atom stereocenters. The third-order valence-electron chi connectivity index (χ3n) is 2.46. The van der Waals surface area contributed by atoms with Crippen LogP contribution in [0, 0.1) is 6.92 Å². The molecule has 0 spiro atoms. The number of rotatable bonds is 2. The average Bonchev–Trinajstić information content (AvgIpc) is 2.71. The van der Waals surface area contributed by atoms with E-state index in [1.54, 1.807) is 24.3 Å². The molecular weight excluding hydrogens is 265 g/mol. The lowest BCUT2D eigenvalue weighted by Crippen LogP contribution is -2.13. The standard InChI is InChI=1S/C12H10ClF3N2/c1-8-6-11(12(14,15)16)18(17-8)10-4-2-9(7-13)3-5-10/h2-6H,7H2,1H3. The Morgan fingerprint density at radius 2 is 1.83 bits per heavy atom. The van der Waals surface area contributed by atoms with E-state index in [-0.39, 0.29) is 0 Å². The zero-order chi connectivity index (χ0) is 13.3. The minimum absolute atomic E-state index is 0.323. The van der Waals surface area contributed by atoms with Gasteiger partial charge in [-0.3, -0.25) is 0 Å². The van der Waals surface area contributed by atoms with E-state index in [1.807, 2.05) is 0 Å². The van der Waals surface area contributed by atoms with Gasteiger partial charge in [0, 0.05) is 5.88 Å². The van der Waals surface area contributed by atoms with E-state index in [0.29, 0.717) is 17.3 Å². The number of hydrogen-bond donors (Lipinski definition) is 0. The first-order chi connectivity index (χ1) is 8.41. The molecule has 0 N–H and O–H groups in total. The SMILES string of the molecule is Cc1cc(C(F)(F)F)n(-c2ccc(CCl)cc2)n1. The Bertz CT molecular complexity index is 543. The van der Waals surface area contributed by atoms with E-state index >= 15 is 0 Å². The molecule has 1 aromatic carbocycles. The molecule has 0 aliphatic heterocycles. The molecule has 2 rings (SSSR count). The molecule has 1 aromatic heterocycles. The maximum Gasteiger partial charge on any atom is 0.433 e. The number of hydrogen-bond acceptors (Lipinski definition) is 1. The molecular formula is C12H10ClF3N2. The first-order valence-electron chi connectivity index (χ1n) is 5.21. The van der Waals surface area contributed by atoms with Crippen LogP contribution in [0.15, 0.2) is 30.3 Å². The smallest absolute Gasteiger partial charge is 0.228 e. The van der Waals surface area contributed by atoms with Crippen LogP contribution in [-0.4, -0.2) is 9.78 Å². The van der Waals surface area contributed by atoms with Crippen molar-refractivity contribution in [2.75, 3.05) is 0 Å². The summed E-state index contributed by atoms with van der Waals surface area (Å²) in [5, 5.41) is 3.87. The van der Waals surface area contributed by atoms with Crippen LogP contribution in [0.4, 0.5) is 13.2 Å². The lowest BCUT2D eigenvalue weighted by Gasteiger charge is -2.10. The number of aromatic nitrogens is 2. The largest absolute Gasteiger partial charge is 0.433 e. The third-order valence-corrected chi connectivity index (χ3v) is 2.77. The van der Waals surface area contributed by atoms with Crippen LogP contribution < -0.4 is 0 Å². The van der Waals surface area contributed by atoms with E-state index in [0.717, 1.165) is 16.3 Å². The summed E-state index contributed by atoms with van der Waals surface area (Å²) in [7, 11) is 0. The summed E-state index contributed by atoms with van der Waals surface area (Å²) in [5.41, 5.74) is 0.754. The number of nitrogens with zero attached hydrogens (tertiary/aromatic N) is 2. The van der Waals surface area contributed by atoms with E-state index in [2.05, 4.69) is 5.10 Å². The van der Waals surface area contributed by atoms with Gasteiger partial charge in [0.1, 0.15) is 5.69 Å². The molecule has 0 radical (unpaired) electrons. The van der Waals surface area contributed by atoms with Crippen LogP contribution in [0.2, 0.25) is 0 Å². The number of halogens is 4. The van der Waals surface area contributed by atoms with E-state index in [4.69, 9.17) is 11.6 Å². The van der Waals surface area contributed by atoms with Gasteiger partial charge in [-0.15, -0.1) is 11.6 Å². The fraction of sp³-hybridized carbons (Fsp3) is 0.250. The summed E-state index contributed by atoms with van der Waals surface area (Å²) in [6.45, 7) is 1.53. The van der Waals surface area contributed by atoms with Gasteiger partial charge in [0.05, 0.1) is 11.4 Å². The van der Waals surface area contributed by atoms with Crippen LogP contribution in [0.5, 0.6) is 0 Å². The quantitative estimate of drug-likeness (QED) is 0.759. The molecule has 0 aliphatic carbocycles. The van der Waals surface area contributed by atoms with Crippen molar-refractivity contribution in [2.45, 2.75) is 19.0 Å². The Kier molecular flexibility index (Phi) is 3.34. The van der Waals surface area contributed by atoms with Crippen molar-refractivity contribution in [3.8, 4) is 5.69 Å². The molecule has 1 heterocycles. The van der Waals surface area contributed by atoms with Crippen molar-refractivity contribution in [3.63, 3.8) is 0 Å². The van der Waals surface area contributed by atoms with Gasteiger partial charge in [-0.25, -0.2) is 4.68 Å². The highest BCUT2D eigenvalue weighted by Gasteiger charge is 2.35. The van der Waals surface area contributed by atoms with Crippen LogP contribution in [0.1, 0.15) is 17.0 Å². The van der Waals surface area contributed by atoms with Gasteiger partial charge < -0.3 is 0 Å². The number of alkyl halides is 4. The van der Waals surface area contributed by atoms with Crippen LogP contribution in [0.25, 0.3) is 5.69 Å². The fourth-order valence-corrected chi connectivity index (χ4v) is 1.80. The summed E-state index contributed by atoms with van der Waals surface area (Å²) >= 11 is 5.63. The van der Waals surface area contributed by atoms with Crippen molar-refractivity contribution < 1.29 is 13.2 Å². The monoisotopic (exact) mass is 274 g/mol. The molecule has 0 saturated carbocycles. The fourth-order valence-electron chi connectivity index (χ4n) is 1.62. The Hall–Kier alpha value is -1.49. The van der Waals surface area contributed by atoms with Crippen molar-refractivity contribution in [3.05, 3.63) is 47.3 Å². The zero-order valence-electron chi connectivity index (χ0n) is 9.50. The average molecular weight is 275 g/mol. The summed E-state index contributed by atoms with van der Waals surface area (Å²) in [5.74, 6) is 0.324. The van der Waals surface area contributed by atoms with Crippen molar-refractivity contribution in [1.82, 2.24) is 9.78 Å². The molecule has 96 valence electrons. The second-order valence-electron chi connectivity index (χ2n) is 3.88. The maximum absolute atomic E-state index is 12.8. The van der Waals surface area contributed by atoms with Gasteiger partial charge in [-0.05, 0) is 30.7 Å². The normalized spacial score (nSPS) is 11.8. The molecule has 6 heteroatoms. The Labute approximate surface area is 107 Å². The number of benzene rings is 1.